The third-order valence-electron chi connectivity index (χ3n) is 14.6. The van der Waals surface area contributed by atoms with Gasteiger partial charge in [-0.1, -0.05) is 80.6 Å². The lowest BCUT2D eigenvalue weighted by molar-refractivity contribution is -0.136. The van der Waals surface area contributed by atoms with Crippen LogP contribution in [0.15, 0.2) is 78.3 Å². The molecule has 448 valence electrons. The summed E-state index contributed by atoms with van der Waals surface area (Å²) in [7, 11) is 0. The standard InChI is InChI=1S/C57H80N16O10/c1-34(74)67-43(26-35-14-4-2-5-15-35)53(80)73-47-30-49(76)62-23-11-10-20-41(50(58)77)68-48(75)22-13-24-63-51(78)45(28-37-31-65-40-19-9-8-18-39(37)40)71-52(79)42(21-12-25-64-57(59)60)69-54(81)44(27-36-16-6-3-7-17-36)70-55(82)46(72-56(47)83)29-38-32-61-33-66-38/h3,6-9,16-19,31-33,35,41-47,65H,2,4-5,10-15,20-30H2,1H3,(H2,58,77)(H,61,66)(H,62,76)(H,63,78)(H,67,74)(H,68,75)(H,69,81)(H,70,82)(H,71,79)(H,72,83)(H,73,80)(H4,59,60,64)/t41-,42-,43+,44+,45-,46-,47-/m0/s1. The maximum Gasteiger partial charge on any atom is 0.243 e. The van der Waals surface area contributed by atoms with Gasteiger partial charge in [0.15, 0.2) is 5.96 Å². The molecule has 1 aliphatic carbocycles. The number of carbonyl (C=O) groups is 10. The molecule has 1 aliphatic heterocycles. The van der Waals surface area contributed by atoms with Crippen molar-refractivity contribution in [2.45, 2.75) is 158 Å². The van der Waals surface area contributed by atoms with Crippen LogP contribution in [-0.4, -0.2) is 142 Å². The van der Waals surface area contributed by atoms with E-state index in [4.69, 9.17) is 17.2 Å². The van der Waals surface area contributed by atoms with Gasteiger partial charge in [-0.3, -0.25) is 52.9 Å². The predicted octanol–water partition coefficient (Wildman–Crippen LogP) is -0.572. The Hall–Kier alpha value is -8.84. The van der Waals surface area contributed by atoms with E-state index in [0.29, 0.717) is 29.7 Å². The molecule has 0 unspecified atom stereocenters. The van der Waals surface area contributed by atoms with Gasteiger partial charge < -0.3 is 75.0 Å². The minimum Gasteiger partial charge on any atom is -0.370 e. The van der Waals surface area contributed by atoms with E-state index in [1.165, 1.54) is 19.4 Å². The lowest BCUT2D eigenvalue weighted by Crippen LogP contribution is -2.61. The van der Waals surface area contributed by atoms with Gasteiger partial charge in [0.2, 0.25) is 59.1 Å². The van der Waals surface area contributed by atoms with Crippen molar-refractivity contribution < 1.29 is 47.9 Å². The van der Waals surface area contributed by atoms with Crippen molar-refractivity contribution >= 4 is 75.9 Å². The molecule has 10 amide bonds. The highest BCUT2D eigenvalue weighted by molar-refractivity contribution is 5.99. The molecule has 0 bridgehead atoms. The number of rotatable bonds is 16. The van der Waals surface area contributed by atoms with Gasteiger partial charge in [-0.05, 0) is 68.1 Å². The van der Waals surface area contributed by atoms with Crippen LogP contribution in [0.25, 0.3) is 10.9 Å². The molecule has 2 fully saturated rings. The summed E-state index contributed by atoms with van der Waals surface area (Å²) in [4.78, 5) is 153. The number of primary amides is 1. The van der Waals surface area contributed by atoms with Crippen LogP contribution in [0.1, 0.15) is 114 Å². The molecule has 0 spiro atoms. The summed E-state index contributed by atoms with van der Waals surface area (Å²) in [5.41, 5.74) is 19.4. The van der Waals surface area contributed by atoms with Crippen molar-refractivity contribution in [1.82, 2.24) is 62.8 Å². The van der Waals surface area contributed by atoms with Crippen LogP contribution in [-0.2, 0) is 67.2 Å². The monoisotopic (exact) mass is 1150 g/mol. The molecule has 26 heteroatoms. The van der Waals surface area contributed by atoms with E-state index in [1.54, 1.807) is 36.5 Å². The van der Waals surface area contributed by atoms with Gasteiger partial charge in [0.25, 0.3) is 0 Å². The van der Waals surface area contributed by atoms with Crippen LogP contribution in [0.5, 0.6) is 0 Å². The molecule has 1 saturated heterocycles. The molecule has 2 aliphatic rings. The molecule has 7 atom stereocenters. The molecule has 2 aromatic heterocycles. The number of fused-ring (bicyclic) bond motifs is 1. The minimum absolute atomic E-state index is 0.00225. The number of guanidine groups is 1. The maximum atomic E-state index is 14.8. The van der Waals surface area contributed by atoms with Crippen LogP contribution < -0.4 is 65.1 Å². The highest BCUT2D eigenvalue weighted by Crippen LogP contribution is 2.28. The van der Waals surface area contributed by atoms with E-state index in [2.05, 4.69) is 67.8 Å². The number of aliphatic imine (C=N–C) groups is 1. The number of H-pyrrole nitrogens is 2. The number of nitrogens with zero attached hydrogens (tertiary/aromatic N) is 2. The summed E-state index contributed by atoms with van der Waals surface area (Å²) in [6.45, 7) is 1.39. The first-order valence-corrected chi connectivity index (χ1v) is 28.5. The van der Waals surface area contributed by atoms with E-state index in [9.17, 15) is 47.9 Å². The van der Waals surface area contributed by atoms with Crippen LogP contribution in [0.4, 0.5) is 0 Å². The highest BCUT2D eigenvalue weighted by atomic mass is 16.2. The number of aromatic nitrogens is 3. The van der Waals surface area contributed by atoms with Gasteiger partial charge in [-0.2, -0.15) is 0 Å². The van der Waals surface area contributed by atoms with Crippen molar-refractivity contribution in [3.63, 3.8) is 0 Å². The Bertz CT molecular complexity index is 2870. The maximum absolute atomic E-state index is 14.8. The van der Waals surface area contributed by atoms with Crippen LogP contribution >= 0.6 is 0 Å². The number of aromatic amines is 2. The SMILES string of the molecule is CC(=O)N[C@H](CC1CCCCC1)C(=O)N[C@H]1CC(=O)NCCCC[C@@H](C(N)=O)NC(=O)CCCNC(=O)[C@H](Cc2c[nH]c3ccccc23)NC(=O)[C@H](CCCN=C(N)N)NC(=O)[C@@H](Cc2ccccc2)NC(=O)[C@H](Cc2cnc[nH]2)NC1=O. The van der Waals surface area contributed by atoms with Crippen molar-refractivity contribution in [3.8, 4) is 0 Å². The average molecular weight is 1150 g/mol. The lowest BCUT2D eigenvalue weighted by atomic mass is 9.84. The van der Waals surface area contributed by atoms with Crippen LogP contribution in [0.3, 0.4) is 0 Å². The quantitative estimate of drug-likeness (QED) is 0.0380. The zero-order valence-corrected chi connectivity index (χ0v) is 46.9. The average Bonchev–Trinajstić information content (AvgIpc) is 4.17. The Kier molecular flexibility index (Phi) is 24.9. The number of hydrogen-bond donors (Lipinski definition) is 14. The fraction of sp³-hybridized carbons (Fsp3) is 0.509. The summed E-state index contributed by atoms with van der Waals surface area (Å²) in [6.07, 6.45) is 9.42. The molecular weight excluding hydrogens is 1070 g/mol. The molecular formula is C57H80N16O10. The van der Waals surface area contributed by atoms with Gasteiger partial charge in [0.05, 0.1) is 12.7 Å². The van der Waals surface area contributed by atoms with E-state index < -0.39 is 108 Å². The zero-order valence-electron chi connectivity index (χ0n) is 46.9. The summed E-state index contributed by atoms with van der Waals surface area (Å²) in [5.74, 6) is -7.24. The number of amides is 10. The highest BCUT2D eigenvalue weighted by Gasteiger charge is 2.36. The van der Waals surface area contributed by atoms with Gasteiger partial charge in [-0.25, -0.2) is 4.98 Å². The minimum atomic E-state index is -1.60. The number of benzene rings is 2. The molecule has 83 heavy (non-hydrogen) atoms. The second kappa shape index (κ2) is 32.6. The first-order valence-electron chi connectivity index (χ1n) is 28.5. The zero-order chi connectivity index (χ0) is 59.7. The number of imidazole rings is 1. The van der Waals surface area contributed by atoms with E-state index in [1.807, 2.05) is 24.3 Å². The van der Waals surface area contributed by atoms with Gasteiger partial charge in [0, 0.05) is 81.2 Å². The molecule has 6 rings (SSSR count). The van der Waals surface area contributed by atoms with Crippen molar-refractivity contribution in [3.05, 3.63) is 90.1 Å². The third kappa shape index (κ3) is 21.2. The number of carbonyl (C=O) groups excluding carboxylic acids is 10. The molecule has 2 aromatic carbocycles. The number of nitrogens with one attached hydrogen (secondary N) is 11. The Morgan fingerprint density at radius 3 is 2.02 bits per heavy atom. The molecule has 3 heterocycles. The fourth-order valence-corrected chi connectivity index (χ4v) is 10.3. The topological polar surface area (TPSA) is 414 Å². The molecule has 26 nitrogen and oxygen atoms in total. The largest absolute Gasteiger partial charge is 0.370 e. The first kappa shape index (κ1) is 63.3. The number of nitrogens with two attached hydrogens (primary N) is 3. The summed E-state index contributed by atoms with van der Waals surface area (Å²) in [5, 5.41) is 25.5. The first-order chi connectivity index (χ1) is 39.9. The molecule has 4 aromatic rings. The van der Waals surface area contributed by atoms with E-state index >= 15 is 0 Å². The second-order valence-electron chi connectivity index (χ2n) is 21.2. The summed E-state index contributed by atoms with van der Waals surface area (Å²) in [6, 6.07) is 6.93. The second-order valence-corrected chi connectivity index (χ2v) is 21.2. The van der Waals surface area contributed by atoms with Gasteiger partial charge in [-0.15, -0.1) is 0 Å². The van der Waals surface area contributed by atoms with Crippen molar-refractivity contribution in [2.24, 2.45) is 28.1 Å². The van der Waals surface area contributed by atoms with Crippen molar-refractivity contribution in [2.75, 3.05) is 19.6 Å². The third-order valence-corrected chi connectivity index (χ3v) is 14.6. The summed E-state index contributed by atoms with van der Waals surface area (Å²) >= 11 is 0. The lowest BCUT2D eigenvalue weighted by Gasteiger charge is -2.29. The number of hydrogen-bond acceptors (Lipinski definition) is 12. The van der Waals surface area contributed by atoms with Gasteiger partial charge in [0.1, 0.15) is 42.3 Å². The summed E-state index contributed by atoms with van der Waals surface area (Å²) < 4.78 is 0. The Balaban J connectivity index is 1.35. The normalized spacial score (nSPS) is 22.3. The Morgan fingerprint density at radius 2 is 1.33 bits per heavy atom. The van der Waals surface area contributed by atoms with E-state index in [0.717, 1.165) is 43.0 Å². The fourth-order valence-electron chi connectivity index (χ4n) is 10.3. The smallest absolute Gasteiger partial charge is 0.243 e. The Morgan fingerprint density at radius 1 is 0.675 bits per heavy atom. The van der Waals surface area contributed by atoms with Crippen molar-refractivity contribution in [1.29, 1.82) is 0 Å². The predicted molar refractivity (Wildman–Crippen MR) is 308 cm³/mol. The molecule has 0 radical (unpaired) electrons. The Labute approximate surface area is 481 Å². The van der Waals surface area contributed by atoms with Crippen LogP contribution in [0.2, 0.25) is 0 Å². The van der Waals surface area contributed by atoms with E-state index in [-0.39, 0.29) is 89.3 Å². The van der Waals surface area contributed by atoms with Gasteiger partial charge >= 0.3 is 0 Å². The number of para-hydroxylation sites is 1. The molecule has 17 N–H and O–H groups in total. The molecule has 1 saturated carbocycles. The van der Waals surface area contributed by atoms with Crippen LogP contribution in [0, 0.1) is 5.92 Å².